The van der Waals surface area contributed by atoms with E-state index in [1.165, 1.54) is 0 Å². The summed E-state index contributed by atoms with van der Waals surface area (Å²) < 4.78 is 37.6. The lowest BCUT2D eigenvalue weighted by atomic mass is 10.0. The van der Waals surface area contributed by atoms with E-state index in [-0.39, 0.29) is 18.0 Å². The summed E-state index contributed by atoms with van der Waals surface area (Å²) in [6.45, 7) is 3.52. The van der Waals surface area contributed by atoms with Crippen LogP contribution in [0.5, 0.6) is 0 Å². The molecule has 0 aliphatic heterocycles. The van der Waals surface area contributed by atoms with Gasteiger partial charge >= 0.3 is 6.18 Å². The monoisotopic (exact) mass is 341 g/mol. The zero-order chi connectivity index (χ0) is 18.3. The summed E-state index contributed by atoms with van der Waals surface area (Å²) in [6.07, 6.45) is -4.14. The third-order valence-electron chi connectivity index (χ3n) is 3.15. The molecule has 1 rings (SSSR count). The number of hydrogen-bond donors (Lipinski definition) is 2. The first-order valence-electron chi connectivity index (χ1n) is 7.28. The molecular formula is C16H18F3N3O2. The molecule has 2 N–H and O–H groups in total. The van der Waals surface area contributed by atoms with Crippen molar-refractivity contribution < 1.29 is 22.8 Å². The normalized spacial score (nSPS) is 12.4. The Labute approximate surface area is 137 Å². The number of alkyl halides is 3. The number of nitrogens with one attached hydrogen (secondary N) is 2. The molecule has 8 heteroatoms. The Balaban J connectivity index is 2.84. The number of amides is 2. The molecule has 1 atom stereocenters. The van der Waals surface area contributed by atoms with Crippen molar-refractivity contribution in [2.45, 2.75) is 32.5 Å². The highest BCUT2D eigenvalue weighted by molar-refractivity contribution is 5.97. The molecule has 0 spiro atoms. The molecule has 0 bridgehead atoms. The Hall–Kier alpha value is -2.56. The average Bonchev–Trinajstić information content (AvgIpc) is 2.50. The van der Waals surface area contributed by atoms with E-state index < -0.39 is 29.6 Å². The lowest BCUT2D eigenvalue weighted by molar-refractivity contribution is -0.137. The van der Waals surface area contributed by atoms with Crippen LogP contribution in [0.25, 0.3) is 0 Å². The minimum atomic E-state index is -4.48. The van der Waals surface area contributed by atoms with E-state index in [9.17, 15) is 22.8 Å². The average molecular weight is 341 g/mol. The molecule has 0 fully saturated rings. The number of nitrogens with zero attached hydrogens (tertiary/aromatic N) is 1. The smallest absolute Gasteiger partial charge is 0.341 e. The van der Waals surface area contributed by atoms with Crippen LogP contribution >= 0.6 is 0 Å². The predicted octanol–water partition coefficient (Wildman–Crippen LogP) is 2.49. The van der Waals surface area contributed by atoms with Crippen molar-refractivity contribution in [2.75, 3.05) is 6.54 Å². The summed E-state index contributed by atoms with van der Waals surface area (Å²) in [6, 6.07) is 4.62. The Kier molecular flexibility index (Phi) is 6.77. The maximum Gasteiger partial charge on any atom is 0.416 e. The van der Waals surface area contributed by atoms with Crippen molar-refractivity contribution in [3.63, 3.8) is 0 Å². The van der Waals surface area contributed by atoms with Crippen LogP contribution in [-0.4, -0.2) is 24.4 Å². The molecule has 0 aromatic heterocycles. The molecule has 130 valence electrons. The standard InChI is InChI=1S/C16H18F3N3O2/c1-10(2)9-13(15(24)21-8-7-20)22-14(23)11-3-5-12(6-4-11)16(17,18)19/h3-6,10,13H,8-9H2,1-2H3,(H,21,24)(H,22,23)/t13-/m0/s1. The van der Waals surface area contributed by atoms with Crippen LogP contribution < -0.4 is 10.6 Å². The molecule has 1 aromatic carbocycles. The van der Waals surface area contributed by atoms with Gasteiger partial charge in [0.25, 0.3) is 5.91 Å². The highest BCUT2D eigenvalue weighted by Gasteiger charge is 2.30. The van der Waals surface area contributed by atoms with Gasteiger partial charge in [0, 0.05) is 5.56 Å². The van der Waals surface area contributed by atoms with Gasteiger partial charge in [-0.15, -0.1) is 0 Å². The third kappa shape index (κ3) is 5.91. The fourth-order valence-corrected chi connectivity index (χ4v) is 2.00. The lowest BCUT2D eigenvalue weighted by Gasteiger charge is -2.19. The number of hydrogen-bond acceptors (Lipinski definition) is 3. The number of carbonyl (C=O) groups excluding carboxylic acids is 2. The van der Waals surface area contributed by atoms with Crippen LogP contribution in [0.2, 0.25) is 0 Å². The summed E-state index contributed by atoms with van der Waals surface area (Å²) in [5, 5.41) is 13.3. The Morgan fingerprint density at radius 3 is 2.25 bits per heavy atom. The second kappa shape index (κ2) is 8.34. The summed E-state index contributed by atoms with van der Waals surface area (Å²) >= 11 is 0. The van der Waals surface area contributed by atoms with Crippen molar-refractivity contribution in [1.82, 2.24) is 10.6 Å². The lowest BCUT2D eigenvalue weighted by Crippen LogP contribution is -2.47. The minimum Gasteiger partial charge on any atom is -0.341 e. The first-order valence-corrected chi connectivity index (χ1v) is 7.28. The molecule has 2 amide bonds. The summed E-state index contributed by atoms with van der Waals surface area (Å²) in [5.41, 5.74) is -0.839. The molecule has 24 heavy (non-hydrogen) atoms. The van der Waals surface area contributed by atoms with Crippen LogP contribution in [0, 0.1) is 17.2 Å². The van der Waals surface area contributed by atoms with Gasteiger partial charge in [-0.1, -0.05) is 13.8 Å². The van der Waals surface area contributed by atoms with Crippen molar-refractivity contribution in [2.24, 2.45) is 5.92 Å². The molecule has 0 unspecified atom stereocenters. The van der Waals surface area contributed by atoms with Gasteiger partial charge in [0.05, 0.1) is 11.6 Å². The SMILES string of the molecule is CC(C)C[C@H](NC(=O)c1ccc(C(F)(F)F)cc1)C(=O)NCC#N. The predicted molar refractivity (Wildman–Crippen MR) is 80.8 cm³/mol. The van der Waals surface area contributed by atoms with Crippen LogP contribution in [-0.2, 0) is 11.0 Å². The molecule has 0 radical (unpaired) electrons. The second-order valence-electron chi connectivity index (χ2n) is 5.61. The zero-order valence-corrected chi connectivity index (χ0v) is 13.3. The zero-order valence-electron chi connectivity index (χ0n) is 13.3. The van der Waals surface area contributed by atoms with Gasteiger partial charge in [0.1, 0.15) is 12.6 Å². The second-order valence-corrected chi connectivity index (χ2v) is 5.61. The van der Waals surface area contributed by atoms with Crippen molar-refractivity contribution >= 4 is 11.8 Å². The molecule has 0 aliphatic rings. The van der Waals surface area contributed by atoms with E-state index in [4.69, 9.17) is 5.26 Å². The highest BCUT2D eigenvalue weighted by atomic mass is 19.4. The molecule has 0 aliphatic carbocycles. The van der Waals surface area contributed by atoms with Gasteiger partial charge in [0.15, 0.2) is 0 Å². The topological polar surface area (TPSA) is 82.0 Å². The fraction of sp³-hybridized carbons (Fsp3) is 0.438. The van der Waals surface area contributed by atoms with Gasteiger partial charge in [-0.3, -0.25) is 9.59 Å². The quantitative estimate of drug-likeness (QED) is 0.780. The highest BCUT2D eigenvalue weighted by Crippen LogP contribution is 2.29. The number of nitriles is 1. The Morgan fingerprint density at radius 1 is 1.21 bits per heavy atom. The molecule has 0 heterocycles. The number of carbonyl (C=O) groups is 2. The van der Waals surface area contributed by atoms with Gasteiger partial charge in [0.2, 0.25) is 5.91 Å². The van der Waals surface area contributed by atoms with E-state index in [2.05, 4.69) is 10.6 Å². The maximum atomic E-state index is 12.5. The molecular weight excluding hydrogens is 323 g/mol. The largest absolute Gasteiger partial charge is 0.416 e. The summed E-state index contributed by atoms with van der Waals surface area (Å²) in [5.74, 6) is -1.07. The van der Waals surface area contributed by atoms with Crippen molar-refractivity contribution in [3.05, 3.63) is 35.4 Å². The Bertz CT molecular complexity index is 619. The summed E-state index contributed by atoms with van der Waals surface area (Å²) in [4.78, 5) is 24.1. The summed E-state index contributed by atoms with van der Waals surface area (Å²) in [7, 11) is 0. The van der Waals surface area contributed by atoms with E-state index >= 15 is 0 Å². The van der Waals surface area contributed by atoms with Gasteiger partial charge in [-0.25, -0.2) is 0 Å². The minimum absolute atomic E-state index is 0.0184. The number of halogens is 3. The third-order valence-corrected chi connectivity index (χ3v) is 3.15. The van der Waals surface area contributed by atoms with E-state index in [1.807, 2.05) is 13.8 Å². The van der Waals surface area contributed by atoms with Gasteiger partial charge < -0.3 is 10.6 Å². The first-order chi connectivity index (χ1) is 11.1. The van der Waals surface area contributed by atoms with Gasteiger partial charge in [-0.2, -0.15) is 18.4 Å². The molecule has 0 saturated carbocycles. The Morgan fingerprint density at radius 2 is 1.79 bits per heavy atom. The van der Waals surface area contributed by atoms with Crippen molar-refractivity contribution in [1.29, 1.82) is 5.26 Å². The first kappa shape index (κ1) is 19.5. The van der Waals surface area contributed by atoms with Crippen LogP contribution in [0.3, 0.4) is 0 Å². The van der Waals surface area contributed by atoms with E-state index in [1.54, 1.807) is 6.07 Å². The van der Waals surface area contributed by atoms with E-state index in [0.29, 0.717) is 6.42 Å². The van der Waals surface area contributed by atoms with Crippen molar-refractivity contribution in [3.8, 4) is 6.07 Å². The fourth-order valence-electron chi connectivity index (χ4n) is 2.00. The van der Waals surface area contributed by atoms with Crippen LogP contribution in [0.4, 0.5) is 13.2 Å². The van der Waals surface area contributed by atoms with Crippen LogP contribution in [0.15, 0.2) is 24.3 Å². The number of rotatable bonds is 6. The molecule has 0 saturated heterocycles. The molecule has 1 aromatic rings. The van der Waals surface area contributed by atoms with Gasteiger partial charge in [-0.05, 0) is 36.6 Å². The number of benzene rings is 1. The molecule has 5 nitrogen and oxygen atoms in total. The van der Waals surface area contributed by atoms with E-state index in [0.717, 1.165) is 24.3 Å². The van der Waals surface area contributed by atoms with Crippen LogP contribution in [0.1, 0.15) is 36.2 Å². The maximum absolute atomic E-state index is 12.5.